The molecule has 0 spiro atoms. The highest BCUT2D eigenvalue weighted by Gasteiger charge is 2.19. The van der Waals surface area contributed by atoms with E-state index in [1.165, 1.54) is 21.5 Å². The van der Waals surface area contributed by atoms with Gasteiger partial charge >= 0.3 is 0 Å². The number of benzene rings is 6. The molecule has 0 aliphatic carbocycles. The zero-order chi connectivity index (χ0) is 29.7. The van der Waals surface area contributed by atoms with Gasteiger partial charge in [-0.1, -0.05) is 121 Å². The standard InChI is InChI=1S/C40H24N4O/c1-3-11-27(12-4-1)37-42-38(28-13-5-2-6-14-28)44-39(43-37)31-16-9-17-35-36(31)32-22-23-34(41-40(32)45-35)29-21-20-26-19-18-25-10-7-8-15-30(25)33(26)24-29/h1-24H. The number of hydrogen-bond donors (Lipinski definition) is 0. The van der Waals surface area contributed by atoms with Gasteiger partial charge < -0.3 is 4.42 Å². The summed E-state index contributed by atoms with van der Waals surface area (Å²) in [4.78, 5) is 19.8. The third-order valence-corrected chi connectivity index (χ3v) is 8.35. The molecule has 0 atom stereocenters. The van der Waals surface area contributed by atoms with Gasteiger partial charge in [0, 0.05) is 33.0 Å². The van der Waals surface area contributed by atoms with Crippen LogP contribution in [0.4, 0.5) is 0 Å². The molecule has 0 saturated heterocycles. The van der Waals surface area contributed by atoms with Gasteiger partial charge in [0.05, 0.1) is 5.69 Å². The number of aromatic nitrogens is 4. The van der Waals surface area contributed by atoms with Gasteiger partial charge in [-0.15, -0.1) is 0 Å². The van der Waals surface area contributed by atoms with Crippen molar-refractivity contribution in [2.24, 2.45) is 0 Å². The minimum atomic E-state index is 0.577. The van der Waals surface area contributed by atoms with E-state index >= 15 is 0 Å². The molecule has 0 unspecified atom stereocenters. The third-order valence-electron chi connectivity index (χ3n) is 8.35. The highest BCUT2D eigenvalue weighted by Crippen LogP contribution is 2.37. The maximum Gasteiger partial charge on any atom is 0.227 e. The lowest BCUT2D eigenvalue weighted by molar-refractivity contribution is 0.654. The smallest absolute Gasteiger partial charge is 0.227 e. The van der Waals surface area contributed by atoms with E-state index in [2.05, 4.69) is 66.7 Å². The van der Waals surface area contributed by atoms with Gasteiger partial charge in [-0.2, -0.15) is 0 Å². The van der Waals surface area contributed by atoms with E-state index in [-0.39, 0.29) is 0 Å². The van der Waals surface area contributed by atoms with Crippen LogP contribution in [0.25, 0.3) is 89.0 Å². The average molecular weight is 577 g/mol. The van der Waals surface area contributed by atoms with E-state index in [0.29, 0.717) is 23.2 Å². The van der Waals surface area contributed by atoms with Crippen LogP contribution in [0.15, 0.2) is 150 Å². The van der Waals surface area contributed by atoms with Gasteiger partial charge in [0.2, 0.25) is 5.71 Å². The first kappa shape index (κ1) is 25.3. The fourth-order valence-corrected chi connectivity index (χ4v) is 6.14. The van der Waals surface area contributed by atoms with E-state index < -0.39 is 0 Å². The summed E-state index contributed by atoms with van der Waals surface area (Å²) in [6.07, 6.45) is 0. The molecule has 45 heavy (non-hydrogen) atoms. The molecule has 210 valence electrons. The minimum absolute atomic E-state index is 0.577. The molecule has 0 amide bonds. The number of nitrogens with zero attached hydrogens (tertiary/aromatic N) is 4. The summed E-state index contributed by atoms with van der Waals surface area (Å²) < 4.78 is 6.38. The Balaban J connectivity index is 1.21. The predicted molar refractivity (Wildman–Crippen MR) is 182 cm³/mol. The lowest BCUT2D eigenvalue weighted by atomic mass is 9.98. The normalized spacial score (nSPS) is 11.6. The molecule has 5 heteroatoms. The first-order valence-corrected chi connectivity index (χ1v) is 14.9. The molecule has 0 N–H and O–H groups in total. The molecular weight excluding hydrogens is 552 g/mol. The Morgan fingerprint density at radius 2 is 1.04 bits per heavy atom. The lowest BCUT2D eigenvalue weighted by Gasteiger charge is -2.09. The second-order valence-electron chi connectivity index (χ2n) is 11.1. The molecule has 0 aliphatic rings. The molecular formula is C40H24N4O. The maximum absolute atomic E-state index is 6.38. The van der Waals surface area contributed by atoms with Gasteiger partial charge in [0.1, 0.15) is 5.58 Å². The second kappa shape index (κ2) is 10.2. The molecule has 3 heterocycles. The van der Waals surface area contributed by atoms with E-state index in [0.717, 1.165) is 44.3 Å². The molecule has 0 radical (unpaired) electrons. The first-order valence-electron chi connectivity index (χ1n) is 14.9. The lowest BCUT2D eigenvalue weighted by Crippen LogP contribution is -2.00. The summed E-state index contributed by atoms with van der Waals surface area (Å²) in [5.74, 6) is 1.82. The number of pyridine rings is 1. The van der Waals surface area contributed by atoms with Crippen LogP contribution in [-0.4, -0.2) is 19.9 Å². The largest absolute Gasteiger partial charge is 0.438 e. The second-order valence-corrected chi connectivity index (χ2v) is 11.1. The zero-order valence-corrected chi connectivity index (χ0v) is 24.1. The molecule has 6 aromatic carbocycles. The van der Waals surface area contributed by atoms with Gasteiger partial charge in [0.15, 0.2) is 17.5 Å². The molecule has 9 aromatic rings. The molecule has 5 nitrogen and oxygen atoms in total. The van der Waals surface area contributed by atoms with Gasteiger partial charge in [-0.05, 0) is 45.8 Å². The van der Waals surface area contributed by atoms with E-state index in [1.807, 2.05) is 78.9 Å². The summed E-state index contributed by atoms with van der Waals surface area (Å²) in [6.45, 7) is 0. The predicted octanol–water partition coefficient (Wildman–Crippen LogP) is 10.1. The number of furan rings is 1. The van der Waals surface area contributed by atoms with Crippen molar-refractivity contribution < 1.29 is 4.42 Å². The average Bonchev–Trinajstić information content (AvgIpc) is 3.50. The fraction of sp³-hybridized carbons (Fsp3) is 0. The van der Waals surface area contributed by atoms with Crippen molar-refractivity contribution in [1.82, 2.24) is 19.9 Å². The molecule has 0 aliphatic heterocycles. The van der Waals surface area contributed by atoms with Crippen LogP contribution in [0.5, 0.6) is 0 Å². The SMILES string of the molecule is c1ccc(-c2nc(-c3ccccc3)nc(-c3cccc4oc5nc(-c6ccc7ccc8ccccc8c7c6)ccc5c34)n2)cc1. The van der Waals surface area contributed by atoms with Crippen LogP contribution in [0, 0.1) is 0 Å². The minimum Gasteiger partial charge on any atom is -0.438 e. The quantitative estimate of drug-likeness (QED) is 0.195. The Kier molecular flexibility index (Phi) is 5.74. The van der Waals surface area contributed by atoms with Crippen LogP contribution < -0.4 is 0 Å². The molecule has 0 fully saturated rings. The first-order chi connectivity index (χ1) is 22.3. The van der Waals surface area contributed by atoms with Gasteiger partial charge in [-0.3, -0.25) is 0 Å². The van der Waals surface area contributed by atoms with Crippen molar-refractivity contribution in [3.8, 4) is 45.4 Å². The Labute approximate surface area is 258 Å². The van der Waals surface area contributed by atoms with Crippen molar-refractivity contribution in [2.45, 2.75) is 0 Å². The monoisotopic (exact) mass is 576 g/mol. The molecule has 3 aromatic heterocycles. The van der Waals surface area contributed by atoms with Crippen LogP contribution in [0.3, 0.4) is 0 Å². The summed E-state index contributed by atoms with van der Waals surface area (Å²) in [5, 5.41) is 6.71. The van der Waals surface area contributed by atoms with Crippen LogP contribution in [0.1, 0.15) is 0 Å². The number of fused-ring (bicyclic) bond motifs is 6. The molecule has 0 saturated carbocycles. The molecule has 9 rings (SSSR count). The van der Waals surface area contributed by atoms with E-state index in [9.17, 15) is 0 Å². The topological polar surface area (TPSA) is 64.7 Å². The number of rotatable bonds is 4. The Hall–Kier alpha value is -6.20. The van der Waals surface area contributed by atoms with Crippen molar-refractivity contribution in [3.63, 3.8) is 0 Å². The van der Waals surface area contributed by atoms with E-state index in [4.69, 9.17) is 24.4 Å². The van der Waals surface area contributed by atoms with Crippen LogP contribution in [0.2, 0.25) is 0 Å². The Bertz CT molecular complexity index is 2480. The maximum atomic E-state index is 6.38. The highest BCUT2D eigenvalue weighted by atomic mass is 16.3. The zero-order valence-electron chi connectivity index (χ0n) is 24.1. The number of hydrogen-bond acceptors (Lipinski definition) is 5. The molecule has 0 bridgehead atoms. The van der Waals surface area contributed by atoms with Gasteiger partial charge in [-0.25, -0.2) is 19.9 Å². The van der Waals surface area contributed by atoms with Crippen LogP contribution in [-0.2, 0) is 0 Å². The summed E-state index contributed by atoms with van der Waals surface area (Å²) in [5.41, 5.74) is 5.94. The highest BCUT2D eigenvalue weighted by molar-refractivity contribution is 6.12. The van der Waals surface area contributed by atoms with Crippen molar-refractivity contribution in [3.05, 3.63) is 146 Å². The fourth-order valence-electron chi connectivity index (χ4n) is 6.14. The summed E-state index contributed by atoms with van der Waals surface area (Å²) in [6, 6.07) is 49.5. The Morgan fingerprint density at radius 3 is 1.80 bits per heavy atom. The Morgan fingerprint density at radius 1 is 0.400 bits per heavy atom. The van der Waals surface area contributed by atoms with Crippen molar-refractivity contribution in [2.75, 3.05) is 0 Å². The summed E-state index contributed by atoms with van der Waals surface area (Å²) >= 11 is 0. The van der Waals surface area contributed by atoms with Crippen molar-refractivity contribution >= 4 is 43.6 Å². The summed E-state index contributed by atoms with van der Waals surface area (Å²) in [7, 11) is 0. The van der Waals surface area contributed by atoms with Gasteiger partial charge in [0.25, 0.3) is 0 Å². The van der Waals surface area contributed by atoms with Crippen LogP contribution >= 0.6 is 0 Å². The van der Waals surface area contributed by atoms with E-state index in [1.54, 1.807) is 0 Å². The van der Waals surface area contributed by atoms with Crippen molar-refractivity contribution in [1.29, 1.82) is 0 Å². The third kappa shape index (κ3) is 4.33.